The summed E-state index contributed by atoms with van der Waals surface area (Å²) < 4.78 is 11.1. The molecule has 0 spiro atoms. The maximum absolute atomic E-state index is 6.09. The molecule has 0 aliphatic carbocycles. The molecule has 2 atom stereocenters. The highest BCUT2D eigenvalue weighted by Crippen LogP contribution is 2.26. The van der Waals surface area contributed by atoms with Crippen LogP contribution in [0.3, 0.4) is 0 Å². The minimum absolute atomic E-state index is 0.0437. The van der Waals surface area contributed by atoms with Crippen LogP contribution in [0.1, 0.15) is 39.9 Å². The van der Waals surface area contributed by atoms with Crippen molar-refractivity contribution in [2.24, 2.45) is 11.1 Å². The topological polar surface area (TPSA) is 48.4 Å². The number of rotatable bonds is 5. The van der Waals surface area contributed by atoms with E-state index >= 15 is 0 Å². The van der Waals surface area contributed by atoms with Crippen molar-refractivity contribution in [2.75, 3.05) is 0 Å². The highest BCUT2D eigenvalue weighted by atomic mass is 16.5. The van der Waals surface area contributed by atoms with E-state index in [0.717, 1.165) is 12.2 Å². The molecule has 0 bridgehead atoms. The summed E-state index contributed by atoms with van der Waals surface area (Å²) in [6.07, 6.45) is 2.62. The van der Waals surface area contributed by atoms with Gasteiger partial charge in [0.15, 0.2) is 0 Å². The molecule has 92 valence electrons. The highest BCUT2D eigenvalue weighted by molar-refractivity contribution is 4.96. The molecule has 0 aliphatic heterocycles. The van der Waals surface area contributed by atoms with E-state index in [1.165, 1.54) is 0 Å². The molecule has 0 saturated heterocycles. The fourth-order valence-corrected chi connectivity index (χ4v) is 1.80. The monoisotopic (exact) mass is 225 g/mol. The number of ether oxygens (including phenoxy) is 1. The Morgan fingerprint density at radius 2 is 2.12 bits per heavy atom. The third kappa shape index (κ3) is 3.65. The van der Waals surface area contributed by atoms with Gasteiger partial charge >= 0.3 is 0 Å². The van der Waals surface area contributed by atoms with Crippen LogP contribution in [-0.4, -0.2) is 12.1 Å². The molecule has 3 heteroatoms. The first kappa shape index (κ1) is 13.3. The Bertz CT molecular complexity index is 287. The van der Waals surface area contributed by atoms with Gasteiger partial charge in [0.1, 0.15) is 12.4 Å². The van der Waals surface area contributed by atoms with E-state index in [1.54, 1.807) is 6.26 Å². The van der Waals surface area contributed by atoms with Crippen molar-refractivity contribution in [3.63, 3.8) is 0 Å². The average molecular weight is 225 g/mol. The normalized spacial score (nSPS) is 16.1. The number of nitrogens with two attached hydrogens (primary N) is 1. The van der Waals surface area contributed by atoms with Crippen LogP contribution in [0.5, 0.6) is 0 Å². The molecule has 16 heavy (non-hydrogen) atoms. The molecule has 1 aromatic rings. The number of hydrogen-bond acceptors (Lipinski definition) is 3. The van der Waals surface area contributed by atoms with Crippen LogP contribution in [0.2, 0.25) is 0 Å². The third-order valence-electron chi connectivity index (χ3n) is 2.70. The van der Waals surface area contributed by atoms with Gasteiger partial charge in [-0.25, -0.2) is 0 Å². The second-order valence-corrected chi connectivity index (χ2v) is 5.25. The molecule has 2 unspecified atom stereocenters. The maximum atomic E-state index is 6.09. The molecule has 1 rings (SSSR count). The molecule has 0 radical (unpaired) electrons. The zero-order chi connectivity index (χ0) is 12.2. The Kier molecular flexibility index (Phi) is 4.56. The van der Waals surface area contributed by atoms with E-state index in [9.17, 15) is 0 Å². The summed E-state index contributed by atoms with van der Waals surface area (Å²) in [4.78, 5) is 0. The molecule has 1 aromatic heterocycles. The van der Waals surface area contributed by atoms with E-state index in [4.69, 9.17) is 14.9 Å². The van der Waals surface area contributed by atoms with Gasteiger partial charge in [0.05, 0.1) is 12.4 Å². The second kappa shape index (κ2) is 5.51. The quantitative estimate of drug-likeness (QED) is 0.838. The Morgan fingerprint density at radius 1 is 1.44 bits per heavy atom. The molecule has 0 saturated carbocycles. The molecule has 0 amide bonds. The fraction of sp³-hybridized carbons (Fsp3) is 0.692. The standard InChI is InChI=1S/C13H23NO2/c1-5-11(14)12(13(2,3)4)16-9-10-7-6-8-15-10/h6-8,11-12H,5,9,14H2,1-4H3. The second-order valence-electron chi connectivity index (χ2n) is 5.25. The summed E-state index contributed by atoms with van der Waals surface area (Å²) in [6, 6.07) is 3.84. The van der Waals surface area contributed by atoms with Gasteiger partial charge < -0.3 is 14.9 Å². The number of furan rings is 1. The third-order valence-corrected chi connectivity index (χ3v) is 2.70. The summed E-state index contributed by atoms with van der Waals surface area (Å²) in [5.41, 5.74) is 6.13. The van der Waals surface area contributed by atoms with Crippen molar-refractivity contribution in [1.29, 1.82) is 0 Å². The molecule has 0 fully saturated rings. The predicted octanol–water partition coefficient (Wildman–Crippen LogP) is 2.95. The van der Waals surface area contributed by atoms with Gasteiger partial charge in [-0.05, 0) is 24.0 Å². The smallest absolute Gasteiger partial charge is 0.129 e. The van der Waals surface area contributed by atoms with Crippen molar-refractivity contribution in [3.8, 4) is 0 Å². The van der Waals surface area contributed by atoms with Gasteiger partial charge in [0, 0.05) is 6.04 Å². The van der Waals surface area contributed by atoms with Crippen LogP contribution < -0.4 is 5.73 Å². The summed E-state index contributed by atoms with van der Waals surface area (Å²) in [5, 5.41) is 0. The molecule has 1 heterocycles. The SMILES string of the molecule is CCC(N)C(OCc1ccco1)C(C)(C)C. The average Bonchev–Trinajstić information content (AvgIpc) is 2.68. The van der Waals surface area contributed by atoms with Crippen molar-refractivity contribution in [1.82, 2.24) is 0 Å². The Hall–Kier alpha value is -0.800. The van der Waals surface area contributed by atoms with E-state index < -0.39 is 0 Å². The van der Waals surface area contributed by atoms with Crippen LogP contribution in [0.4, 0.5) is 0 Å². The first-order chi connectivity index (χ1) is 7.45. The highest BCUT2D eigenvalue weighted by Gasteiger charge is 2.30. The van der Waals surface area contributed by atoms with Crippen LogP contribution in [-0.2, 0) is 11.3 Å². The Balaban J connectivity index is 2.57. The number of hydrogen-bond donors (Lipinski definition) is 1. The van der Waals surface area contributed by atoms with Crippen LogP contribution in [0.25, 0.3) is 0 Å². The molecule has 2 N–H and O–H groups in total. The zero-order valence-corrected chi connectivity index (χ0v) is 10.7. The van der Waals surface area contributed by atoms with Gasteiger partial charge in [-0.1, -0.05) is 27.7 Å². The van der Waals surface area contributed by atoms with E-state index in [1.807, 2.05) is 12.1 Å². The van der Waals surface area contributed by atoms with Crippen molar-refractivity contribution in [3.05, 3.63) is 24.2 Å². The van der Waals surface area contributed by atoms with Gasteiger partial charge in [-0.15, -0.1) is 0 Å². The lowest BCUT2D eigenvalue weighted by Crippen LogP contribution is -2.44. The van der Waals surface area contributed by atoms with E-state index in [-0.39, 0.29) is 17.6 Å². The van der Waals surface area contributed by atoms with E-state index in [0.29, 0.717) is 6.61 Å². The lowest BCUT2D eigenvalue weighted by atomic mass is 9.84. The minimum atomic E-state index is 0.0437. The maximum Gasteiger partial charge on any atom is 0.129 e. The summed E-state index contributed by atoms with van der Waals surface area (Å²) in [5.74, 6) is 0.845. The molecular formula is C13H23NO2. The van der Waals surface area contributed by atoms with Crippen LogP contribution in [0, 0.1) is 5.41 Å². The lowest BCUT2D eigenvalue weighted by molar-refractivity contribution is -0.0493. The zero-order valence-electron chi connectivity index (χ0n) is 10.7. The fourth-order valence-electron chi connectivity index (χ4n) is 1.80. The lowest BCUT2D eigenvalue weighted by Gasteiger charge is -2.34. The molecule has 0 aliphatic rings. The van der Waals surface area contributed by atoms with E-state index in [2.05, 4.69) is 27.7 Å². The summed E-state index contributed by atoms with van der Waals surface area (Å²) in [6.45, 7) is 9.02. The summed E-state index contributed by atoms with van der Waals surface area (Å²) >= 11 is 0. The van der Waals surface area contributed by atoms with Crippen LogP contribution >= 0.6 is 0 Å². The summed E-state index contributed by atoms with van der Waals surface area (Å²) in [7, 11) is 0. The van der Waals surface area contributed by atoms with Gasteiger partial charge in [-0.2, -0.15) is 0 Å². The van der Waals surface area contributed by atoms with Gasteiger partial charge in [-0.3, -0.25) is 0 Å². The predicted molar refractivity (Wildman–Crippen MR) is 65.0 cm³/mol. The van der Waals surface area contributed by atoms with Crippen molar-refractivity contribution >= 4 is 0 Å². The van der Waals surface area contributed by atoms with Crippen molar-refractivity contribution in [2.45, 2.75) is 52.9 Å². The van der Waals surface area contributed by atoms with Gasteiger partial charge in [0.2, 0.25) is 0 Å². The molecule has 3 nitrogen and oxygen atoms in total. The Morgan fingerprint density at radius 3 is 2.56 bits per heavy atom. The van der Waals surface area contributed by atoms with Crippen LogP contribution in [0.15, 0.2) is 22.8 Å². The Labute approximate surface area is 98.0 Å². The largest absolute Gasteiger partial charge is 0.467 e. The first-order valence-corrected chi connectivity index (χ1v) is 5.84. The van der Waals surface area contributed by atoms with Gasteiger partial charge in [0.25, 0.3) is 0 Å². The molecule has 0 aromatic carbocycles. The first-order valence-electron chi connectivity index (χ1n) is 5.84. The minimum Gasteiger partial charge on any atom is -0.467 e. The molecular weight excluding hydrogens is 202 g/mol. The van der Waals surface area contributed by atoms with Crippen molar-refractivity contribution < 1.29 is 9.15 Å².